The van der Waals surface area contributed by atoms with Crippen LogP contribution < -0.4 is 0 Å². The van der Waals surface area contributed by atoms with Gasteiger partial charge >= 0.3 is 0 Å². The Morgan fingerprint density at radius 3 is 2.16 bits per heavy atom. The molecule has 1 saturated heterocycles. The lowest BCUT2D eigenvalue weighted by Gasteiger charge is -2.29. The fourth-order valence-corrected chi connectivity index (χ4v) is 4.59. The molecule has 2 aliphatic rings. The van der Waals surface area contributed by atoms with Crippen molar-refractivity contribution in [3.8, 4) is 0 Å². The normalized spacial score (nSPS) is 20.1. The van der Waals surface area contributed by atoms with Gasteiger partial charge in [0, 0.05) is 31.0 Å². The molecule has 2 heterocycles. The highest BCUT2D eigenvalue weighted by molar-refractivity contribution is 7.89. The minimum absolute atomic E-state index is 0.00418. The van der Waals surface area contributed by atoms with Crippen LogP contribution in [0.1, 0.15) is 49.3 Å². The molecule has 1 aliphatic heterocycles. The SMILES string of the molecule is O=S(=O)(c1ccc(F)cc1F)N1CCC(c2nnc(C3CC3)o2)CC1. The highest BCUT2D eigenvalue weighted by Gasteiger charge is 2.35. The molecule has 2 fully saturated rings. The molecule has 0 amide bonds. The van der Waals surface area contributed by atoms with Crippen molar-refractivity contribution in [3.05, 3.63) is 41.6 Å². The van der Waals surface area contributed by atoms with E-state index in [1.807, 2.05) is 0 Å². The number of benzene rings is 1. The average molecular weight is 369 g/mol. The van der Waals surface area contributed by atoms with E-state index in [4.69, 9.17) is 4.42 Å². The van der Waals surface area contributed by atoms with Gasteiger partial charge in [-0.25, -0.2) is 17.2 Å². The maximum Gasteiger partial charge on any atom is 0.245 e. The van der Waals surface area contributed by atoms with Gasteiger partial charge < -0.3 is 4.42 Å². The van der Waals surface area contributed by atoms with Crippen molar-refractivity contribution in [1.29, 1.82) is 0 Å². The first-order valence-electron chi connectivity index (χ1n) is 8.23. The summed E-state index contributed by atoms with van der Waals surface area (Å²) in [5, 5.41) is 8.14. The summed E-state index contributed by atoms with van der Waals surface area (Å²) in [4.78, 5) is -0.499. The molecular formula is C16H17F2N3O3S. The van der Waals surface area contributed by atoms with Crippen LogP contribution in [0.3, 0.4) is 0 Å². The number of hydrogen-bond acceptors (Lipinski definition) is 5. The lowest BCUT2D eigenvalue weighted by atomic mass is 9.98. The van der Waals surface area contributed by atoms with Crippen LogP contribution in [0.5, 0.6) is 0 Å². The van der Waals surface area contributed by atoms with Gasteiger partial charge in [-0.1, -0.05) is 0 Å². The smallest absolute Gasteiger partial charge is 0.245 e. The maximum absolute atomic E-state index is 13.8. The average Bonchev–Trinajstić information content (AvgIpc) is 3.32. The lowest BCUT2D eigenvalue weighted by molar-refractivity contribution is 0.285. The molecule has 0 unspecified atom stereocenters. The molecule has 1 aromatic heterocycles. The third-order valence-corrected chi connectivity index (χ3v) is 6.63. The standard InChI is InChI=1S/C16H17F2N3O3S/c17-12-3-4-14(13(18)9-12)25(22,23)21-7-5-11(6-8-21)16-20-19-15(24-16)10-1-2-10/h3-4,9-11H,1-2,5-8H2. The Balaban J connectivity index is 1.46. The minimum atomic E-state index is -3.99. The molecule has 0 atom stereocenters. The quantitative estimate of drug-likeness (QED) is 0.828. The van der Waals surface area contributed by atoms with Crippen molar-refractivity contribution < 1.29 is 21.6 Å². The van der Waals surface area contributed by atoms with E-state index in [2.05, 4.69) is 10.2 Å². The van der Waals surface area contributed by atoms with E-state index in [9.17, 15) is 17.2 Å². The van der Waals surface area contributed by atoms with Crippen LogP contribution in [0.25, 0.3) is 0 Å². The van der Waals surface area contributed by atoms with Crippen LogP contribution in [0.15, 0.2) is 27.5 Å². The zero-order valence-corrected chi connectivity index (χ0v) is 14.2. The van der Waals surface area contributed by atoms with Crippen LogP contribution in [0, 0.1) is 11.6 Å². The molecule has 1 aliphatic carbocycles. The van der Waals surface area contributed by atoms with E-state index in [0.717, 1.165) is 25.0 Å². The molecule has 1 saturated carbocycles. The second-order valence-electron chi connectivity index (χ2n) is 6.51. The second-order valence-corrected chi connectivity index (χ2v) is 8.41. The van der Waals surface area contributed by atoms with Crippen LogP contribution in [0.2, 0.25) is 0 Å². The van der Waals surface area contributed by atoms with E-state index in [1.54, 1.807) is 0 Å². The second kappa shape index (κ2) is 6.14. The Labute approximate surface area is 143 Å². The van der Waals surface area contributed by atoms with E-state index < -0.39 is 26.6 Å². The van der Waals surface area contributed by atoms with Crippen molar-refractivity contribution >= 4 is 10.0 Å². The summed E-state index contributed by atoms with van der Waals surface area (Å²) in [6, 6.07) is 2.49. The summed E-state index contributed by atoms with van der Waals surface area (Å²) in [5.74, 6) is -0.288. The number of rotatable bonds is 4. The van der Waals surface area contributed by atoms with Gasteiger partial charge in [0.05, 0.1) is 0 Å². The van der Waals surface area contributed by atoms with Crippen molar-refractivity contribution in [1.82, 2.24) is 14.5 Å². The van der Waals surface area contributed by atoms with Crippen LogP contribution in [0.4, 0.5) is 8.78 Å². The number of hydrogen-bond donors (Lipinski definition) is 0. The first-order valence-corrected chi connectivity index (χ1v) is 9.67. The highest BCUT2D eigenvalue weighted by Crippen LogP contribution is 2.40. The van der Waals surface area contributed by atoms with E-state index in [-0.39, 0.29) is 19.0 Å². The molecule has 0 N–H and O–H groups in total. The fourth-order valence-electron chi connectivity index (χ4n) is 3.07. The Morgan fingerprint density at radius 2 is 1.60 bits per heavy atom. The molecule has 6 nitrogen and oxygen atoms in total. The van der Waals surface area contributed by atoms with Crippen molar-refractivity contribution in [3.63, 3.8) is 0 Å². The number of piperidine rings is 1. The minimum Gasteiger partial charge on any atom is -0.425 e. The number of nitrogens with zero attached hydrogens (tertiary/aromatic N) is 3. The summed E-state index contributed by atoms with van der Waals surface area (Å²) in [7, 11) is -3.99. The van der Waals surface area contributed by atoms with Gasteiger partial charge in [0.25, 0.3) is 0 Å². The predicted octanol–water partition coefficient (Wildman–Crippen LogP) is 2.79. The zero-order chi connectivity index (χ0) is 17.6. The molecule has 25 heavy (non-hydrogen) atoms. The third-order valence-electron chi connectivity index (χ3n) is 4.70. The van der Waals surface area contributed by atoms with Crippen LogP contribution in [-0.4, -0.2) is 36.0 Å². The Morgan fingerprint density at radius 1 is 1.00 bits per heavy atom. The summed E-state index contributed by atoms with van der Waals surface area (Å²) >= 11 is 0. The molecule has 0 bridgehead atoms. The molecule has 4 rings (SSSR count). The molecule has 134 valence electrons. The third kappa shape index (κ3) is 3.18. The monoisotopic (exact) mass is 369 g/mol. The van der Waals surface area contributed by atoms with Crippen LogP contribution in [-0.2, 0) is 10.0 Å². The van der Waals surface area contributed by atoms with Gasteiger partial charge in [-0.2, -0.15) is 4.31 Å². The maximum atomic E-state index is 13.8. The summed E-state index contributed by atoms with van der Waals surface area (Å²) in [6.07, 6.45) is 3.19. The number of halogens is 2. The van der Waals surface area contributed by atoms with Crippen molar-refractivity contribution in [2.24, 2.45) is 0 Å². The predicted molar refractivity (Wildman–Crippen MR) is 83.4 cm³/mol. The molecule has 9 heteroatoms. The van der Waals surface area contributed by atoms with Gasteiger partial charge in [-0.3, -0.25) is 0 Å². The van der Waals surface area contributed by atoms with Crippen molar-refractivity contribution in [2.75, 3.05) is 13.1 Å². The van der Waals surface area contributed by atoms with E-state index in [0.29, 0.717) is 36.6 Å². The first-order chi connectivity index (χ1) is 11.9. The van der Waals surface area contributed by atoms with Gasteiger partial charge in [-0.05, 0) is 37.8 Å². The molecular weight excluding hydrogens is 352 g/mol. The topological polar surface area (TPSA) is 76.3 Å². The molecule has 2 aromatic rings. The number of sulfonamides is 1. The Hall–Kier alpha value is -1.87. The van der Waals surface area contributed by atoms with Gasteiger partial charge in [-0.15, -0.1) is 10.2 Å². The van der Waals surface area contributed by atoms with Gasteiger partial charge in [0.2, 0.25) is 21.8 Å². The molecule has 0 radical (unpaired) electrons. The fraction of sp³-hybridized carbons (Fsp3) is 0.500. The van der Waals surface area contributed by atoms with E-state index in [1.165, 1.54) is 4.31 Å². The zero-order valence-electron chi connectivity index (χ0n) is 13.4. The first kappa shape index (κ1) is 16.6. The highest BCUT2D eigenvalue weighted by atomic mass is 32.2. The van der Waals surface area contributed by atoms with Crippen molar-refractivity contribution in [2.45, 2.75) is 42.4 Å². The van der Waals surface area contributed by atoms with Gasteiger partial charge in [0.15, 0.2) is 0 Å². The summed E-state index contributed by atoms with van der Waals surface area (Å²) < 4.78 is 58.9. The molecule has 1 aromatic carbocycles. The number of aromatic nitrogens is 2. The summed E-state index contributed by atoms with van der Waals surface area (Å²) in [5.41, 5.74) is 0. The Bertz CT molecular complexity index is 888. The summed E-state index contributed by atoms with van der Waals surface area (Å²) in [6.45, 7) is 0.454. The lowest BCUT2D eigenvalue weighted by Crippen LogP contribution is -2.38. The van der Waals surface area contributed by atoms with Gasteiger partial charge in [0.1, 0.15) is 16.5 Å². The Kier molecular flexibility index (Phi) is 4.07. The van der Waals surface area contributed by atoms with Crippen LogP contribution >= 0.6 is 0 Å². The van der Waals surface area contributed by atoms with E-state index >= 15 is 0 Å². The largest absolute Gasteiger partial charge is 0.425 e. The molecule has 0 spiro atoms.